The Morgan fingerprint density at radius 1 is 0.514 bits per heavy atom. The Bertz CT molecular complexity index is 1340. The van der Waals surface area contributed by atoms with Crippen molar-refractivity contribution in [2.45, 2.75) is 76.0 Å². The molecular weight excluding hydrogens is 472 g/mol. The quantitative estimate of drug-likeness (QED) is 0.287. The first kappa shape index (κ1) is 26.9. The van der Waals surface area contributed by atoms with Crippen LogP contribution in [0.2, 0.25) is 0 Å². The minimum Gasteiger partial charge on any atom is -0.507 e. The number of phenolic OH excluding ortho intramolecular Hbond substituents is 2. The van der Waals surface area contributed by atoms with E-state index in [9.17, 15) is 10.2 Å². The van der Waals surface area contributed by atoms with E-state index in [1.54, 1.807) is 12.1 Å². The lowest BCUT2D eigenvalue weighted by atomic mass is 9.81. The van der Waals surface area contributed by atoms with E-state index in [0.29, 0.717) is 9.79 Å². The van der Waals surface area contributed by atoms with Crippen molar-refractivity contribution in [3.63, 3.8) is 0 Å². The third-order valence-corrected chi connectivity index (χ3v) is 7.82. The molecule has 0 saturated carbocycles. The molecule has 192 valence electrons. The van der Waals surface area contributed by atoms with Gasteiger partial charge in [-0.2, -0.15) is 0 Å². The van der Waals surface area contributed by atoms with E-state index in [4.69, 9.17) is 0 Å². The summed E-state index contributed by atoms with van der Waals surface area (Å²) in [5, 5.41) is 21.5. The molecule has 0 atom stereocenters. The standard InChI is InChI=1S/C34H38O2S/c1-21-9-13-25(27(17-21)33(3,4)5)23-11-15-29(35)31(19-23)37-32-20-24(12-16-30(32)36)26-14-10-22(2)18-28(26)34(6,7)8/h9-20,35-36H,1-8H3. The van der Waals surface area contributed by atoms with Crippen LogP contribution in [-0.2, 0) is 10.8 Å². The van der Waals surface area contributed by atoms with Crippen LogP contribution in [-0.4, -0.2) is 10.2 Å². The Morgan fingerprint density at radius 3 is 1.24 bits per heavy atom. The summed E-state index contributed by atoms with van der Waals surface area (Å²) in [6.45, 7) is 17.6. The van der Waals surface area contributed by atoms with E-state index in [-0.39, 0.29) is 22.3 Å². The van der Waals surface area contributed by atoms with Crippen LogP contribution < -0.4 is 0 Å². The van der Waals surface area contributed by atoms with E-state index in [0.717, 1.165) is 22.3 Å². The number of aromatic hydroxyl groups is 2. The molecule has 0 bridgehead atoms. The van der Waals surface area contributed by atoms with Crippen LogP contribution in [0.15, 0.2) is 82.6 Å². The Balaban J connectivity index is 1.78. The molecule has 0 aliphatic heterocycles. The third-order valence-electron chi connectivity index (χ3n) is 6.73. The molecule has 4 aromatic rings. The summed E-state index contributed by atoms with van der Waals surface area (Å²) in [7, 11) is 0. The van der Waals surface area contributed by atoms with Crippen LogP contribution in [0, 0.1) is 13.8 Å². The molecule has 4 rings (SSSR count). The minimum atomic E-state index is -0.0159. The molecule has 2 nitrogen and oxygen atoms in total. The van der Waals surface area contributed by atoms with Gasteiger partial charge in [0, 0.05) is 0 Å². The van der Waals surface area contributed by atoms with E-state index >= 15 is 0 Å². The summed E-state index contributed by atoms with van der Waals surface area (Å²) < 4.78 is 0. The molecule has 0 aliphatic rings. The molecule has 0 saturated heterocycles. The van der Waals surface area contributed by atoms with Crippen molar-refractivity contribution in [3.05, 3.63) is 95.1 Å². The second kappa shape index (κ2) is 9.95. The highest BCUT2D eigenvalue weighted by Gasteiger charge is 2.21. The lowest BCUT2D eigenvalue weighted by Crippen LogP contribution is -2.13. The van der Waals surface area contributed by atoms with Crippen molar-refractivity contribution in [3.8, 4) is 33.8 Å². The predicted octanol–water partition coefficient (Wildman–Crippen LogP) is 9.79. The Morgan fingerprint density at radius 2 is 0.892 bits per heavy atom. The zero-order valence-electron chi connectivity index (χ0n) is 23.2. The lowest BCUT2D eigenvalue weighted by molar-refractivity contribution is 0.460. The lowest BCUT2D eigenvalue weighted by Gasteiger charge is -2.24. The Kier molecular flexibility index (Phi) is 7.23. The number of hydrogen-bond donors (Lipinski definition) is 2. The summed E-state index contributed by atoms with van der Waals surface area (Å²) >= 11 is 1.39. The molecule has 0 heterocycles. The first-order valence-corrected chi connectivity index (χ1v) is 13.6. The molecule has 0 amide bonds. The largest absolute Gasteiger partial charge is 0.507 e. The second-order valence-electron chi connectivity index (χ2n) is 12.1. The highest BCUT2D eigenvalue weighted by atomic mass is 32.2. The van der Waals surface area contributed by atoms with Gasteiger partial charge in [-0.05, 0) is 82.3 Å². The summed E-state index contributed by atoms with van der Waals surface area (Å²) in [5.74, 6) is 0.405. The highest BCUT2D eigenvalue weighted by Crippen LogP contribution is 2.44. The highest BCUT2D eigenvalue weighted by molar-refractivity contribution is 7.99. The maximum absolute atomic E-state index is 10.8. The third kappa shape index (κ3) is 5.88. The molecule has 0 aliphatic carbocycles. The molecule has 0 radical (unpaired) electrons. The molecule has 0 fully saturated rings. The van der Waals surface area contributed by atoms with Gasteiger partial charge in [0.05, 0.1) is 9.79 Å². The van der Waals surface area contributed by atoms with E-state index in [1.165, 1.54) is 34.0 Å². The fourth-order valence-corrected chi connectivity index (χ4v) is 5.66. The molecule has 37 heavy (non-hydrogen) atoms. The van der Waals surface area contributed by atoms with E-state index in [2.05, 4.69) is 91.8 Å². The number of benzene rings is 4. The van der Waals surface area contributed by atoms with Crippen molar-refractivity contribution in [1.82, 2.24) is 0 Å². The van der Waals surface area contributed by atoms with Crippen LogP contribution in [0.1, 0.15) is 63.8 Å². The van der Waals surface area contributed by atoms with Crippen LogP contribution in [0.3, 0.4) is 0 Å². The van der Waals surface area contributed by atoms with Crippen molar-refractivity contribution in [2.24, 2.45) is 0 Å². The second-order valence-corrected chi connectivity index (χ2v) is 13.1. The molecule has 0 spiro atoms. The number of rotatable bonds is 4. The zero-order chi connectivity index (χ0) is 27.1. The van der Waals surface area contributed by atoms with Gasteiger partial charge in [-0.3, -0.25) is 0 Å². The molecule has 2 N–H and O–H groups in total. The van der Waals surface area contributed by atoms with Gasteiger partial charge in [-0.25, -0.2) is 0 Å². The SMILES string of the molecule is Cc1ccc(-c2ccc(O)c(Sc3cc(-c4ccc(C)cc4C(C)(C)C)ccc3O)c2)c(C(C)(C)C)c1. The Labute approximate surface area is 226 Å². The topological polar surface area (TPSA) is 40.5 Å². The molecular formula is C34H38O2S. The van der Waals surface area contributed by atoms with Crippen LogP contribution in [0.4, 0.5) is 0 Å². The smallest absolute Gasteiger partial charge is 0.129 e. The number of hydrogen-bond acceptors (Lipinski definition) is 3. The number of phenols is 2. The summed E-state index contributed by atoms with van der Waals surface area (Å²) in [5.41, 5.74) is 9.39. The van der Waals surface area contributed by atoms with Gasteiger partial charge in [0.1, 0.15) is 11.5 Å². The van der Waals surface area contributed by atoms with E-state index < -0.39 is 0 Å². The predicted molar refractivity (Wildman–Crippen MR) is 158 cm³/mol. The average molecular weight is 511 g/mol. The molecule has 0 aromatic heterocycles. The maximum Gasteiger partial charge on any atom is 0.129 e. The first-order chi connectivity index (χ1) is 17.2. The number of aryl methyl sites for hydroxylation is 2. The Hall–Kier alpha value is -3.17. The van der Waals surface area contributed by atoms with Gasteiger partial charge in [-0.1, -0.05) is 113 Å². The molecule has 3 heteroatoms. The normalized spacial score (nSPS) is 12.1. The van der Waals surface area contributed by atoms with Crippen molar-refractivity contribution < 1.29 is 10.2 Å². The monoisotopic (exact) mass is 510 g/mol. The van der Waals surface area contributed by atoms with Crippen LogP contribution >= 0.6 is 11.8 Å². The summed E-state index contributed by atoms with van der Waals surface area (Å²) in [6.07, 6.45) is 0. The van der Waals surface area contributed by atoms with Crippen LogP contribution in [0.25, 0.3) is 22.3 Å². The van der Waals surface area contributed by atoms with Gasteiger partial charge in [0.15, 0.2) is 0 Å². The maximum atomic E-state index is 10.8. The van der Waals surface area contributed by atoms with Gasteiger partial charge in [-0.15, -0.1) is 0 Å². The van der Waals surface area contributed by atoms with Gasteiger partial charge >= 0.3 is 0 Å². The van der Waals surface area contributed by atoms with Gasteiger partial charge < -0.3 is 10.2 Å². The van der Waals surface area contributed by atoms with E-state index in [1.807, 2.05) is 24.3 Å². The fraction of sp³-hybridized carbons (Fsp3) is 0.294. The van der Waals surface area contributed by atoms with Crippen molar-refractivity contribution in [1.29, 1.82) is 0 Å². The zero-order valence-corrected chi connectivity index (χ0v) is 24.0. The van der Waals surface area contributed by atoms with Gasteiger partial charge in [0.25, 0.3) is 0 Å². The summed E-state index contributed by atoms with van der Waals surface area (Å²) in [4.78, 5) is 1.43. The fourth-order valence-electron chi connectivity index (χ4n) is 4.71. The minimum absolute atomic E-state index is 0.0159. The molecule has 4 aromatic carbocycles. The van der Waals surface area contributed by atoms with Crippen molar-refractivity contribution >= 4 is 11.8 Å². The average Bonchev–Trinajstić information content (AvgIpc) is 2.81. The van der Waals surface area contributed by atoms with Crippen molar-refractivity contribution in [2.75, 3.05) is 0 Å². The molecule has 0 unspecified atom stereocenters. The van der Waals surface area contributed by atoms with Crippen LogP contribution in [0.5, 0.6) is 11.5 Å². The van der Waals surface area contributed by atoms with Gasteiger partial charge in [0.2, 0.25) is 0 Å². The first-order valence-electron chi connectivity index (χ1n) is 12.8. The summed E-state index contributed by atoms with van der Waals surface area (Å²) in [6, 6.07) is 24.6.